The van der Waals surface area contributed by atoms with Gasteiger partial charge in [0.05, 0.1) is 78.3 Å². The van der Waals surface area contributed by atoms with Gasteiger partial charge in [0.15, 0.2) is 50.3 Å². The molecular weight excluding hydrogens is 1930 g/mol. The zero-order chi connectivity index (χ0) is 101. The quantitative estimate of drug-likeness (QED) is 0.0253. The molecule has 136 heavy (non-hydrogen) atoms. The summed E-state index contributed by atoms with van der Waals surface area (Å²) in [6.07, 6.45) is -132. The lowest BCUT2D eigenvalue weighted by molar-refractivity contribution is -0.411. The van der Waals surface area contributed by atoms with Gasteiger partial charge in [-0.05, 0) is 0 Å². The molecule has 10 saturated heterocycles. The van der Waals surface area contributed by atoms with Crippen molar-refractivity contribution in [1.29, 1.82) is 0 Å². The highest BCUT2D eigenvalue weighted by Crippen LogP contribution is 2.50. The van der Waals surface area contributed by atoms with Crippen molar-refractivity contribution in [2.24, 2.45) is 0 Å². The lowest BCUT2D eigenvalue weighted by atomic mass is 9.89. The predicted molar refractivity (Wildman–Crippen MR) is 404 cm³/mol. The Bertz CT molecular complexity index is 3860. The highest BCUT2D eigenvalue weighted by Gasteiger charge is 2.66. The van der Waals surface area contributed by atoms with Gasteiger partial charge >= 0.3 is 27.6 Å². The summed E-state index contributed by atoms with van der Waals surface area (Å²) in [7, 11) is -12.9. The minimum Gasteiger partial charge on any atom is -0.477 e. The molecule has 67 heteroatoms. The zero-order valence-corrected chi connectivity index (χ0v) is 72.2. The van der Waals surface area contributed by atoms with E-state index in [1.54, 1.807) is 0 Å². The Kier molecular flexibility index (Phi) is 40.3. The molecule has 0 saturated carbocycles. The molecule has 1 amide bonds. The molecule has 0 radical (unpaired) electrons. The van der Waals surface area contributed by atoms with Crippen molar-refractivity contribution < 1.29 is 316 Å². The number of carbonyl (C=O) groups excluding carboxylic acids is 1. The minimum atomic E-state index is -6.51. The second kappa shape index (κ2) is 47.8. The number of carbonyl (C=O) groups is 3. The maximum Gasteiger partial charge on any atom is 0.470 e. The molecule has 10 aliphatic rings. The molecule has 65 nitrogen and oxygen atoms in total. The van der Waals surface area contributed by atoms with E-state index in [0.717, 1.165) is 6.92 Å². The summed E-state index contributed by atoms with van der Waals surface area (Å²) in [6, 6.07) is -1.90. The van der Waals surface area contributed by atoms with E-state index in [0.29, 0.717) is 0 Å². The number of nitrogens with one attached hydrogen (secondary N) is 1. The number of phosphoric ester groups is 2. The number of amides is 1. The Morgan fingerprint density at radius 1 is 0.353 bits per heavy atom. The summed E-state index contributed by atoms with van der Waals surface area (Å²) >= 11 is 0. The molecule has 10 heterocycles. The van der Waals surface area contributed by atoms with E-state index in [9.17, 15) is 217 Å². The lowest BCUT2D eigenvalue weighted by Crippen LogP contribution is -2.70. The monoisotopic (exact) mass is 2050 g/mol. The van der Waals surface area contributed by atoms with Crippen molar-refractivity contribution >= 4 is 33.5 Å². The standard InChI is InChI=1S/C69H117NO64P2/c1-14(79)70-27-34(92)29(87)22(8-75)116-58(27)128-54-37(95)31(89)25(11-78)119-65(54)129-55-38(96)32(90)24(10-77)118-64(55)125-51-33(91)26(13-115-59-40(98)35(93)30(88)23(9-76)117-59)120-61(42(51)100)126-53-44(102)63(123-48(57(53)134-136(111,112)113)20(85)12-114-60-41(99)36(94)39(97)45(121-60)16(81)4-71)127-52-43(101)62(122-47(18(83)6-73)56(52)133-135(108,109)110)124-50-21(3-68(107,66(103)104)131-49(50)19(84)7-74)130-69(67(105)106)2-15(80)28(86)46(132-69)17(82)5-72/h15-65,71-78,80-102,107H,2-13H2,1H3,(H,70,79)(H,103,104)(H,105,106)(H2,108,109,110)(H2,111,112,113)/t15-,16+,17-,18+,19-,20-,21-,22-,23-,24-,25-,26-,27-,28-,29-,30+,31-,32-,33-,34-,35+,36+,37+,38+,39+,40-,41+,42-,43+,44+,45-,46-,47-,48-,49-,50-,51+,52+,53-,54-,55-,56-,57-,58-,59+,60+,61-,62-,63+,64-,65-,68-,69-/m1/s1. The first kappa shape index (κ1) is 115. The van der Waals surface area contributed by atoms with Crippen molar-refractivity contribution in [1.82, 2.24) is 5.32 Å². The van der Waals surface area contributed by atoms with Crippen LogP contribution < -0.4 is 5.32 Å². The molecule has 39 N–H and O–H groups in total. The largest absolute Gasteiger partial charge is 0.477 e. The van der Waals surface area contributed by atoms with Crippen LogP contribution in [0, 0.1) is 0 Å². The average Bonchev–Trinajstić information content (AvgIpc) is 0.745. The summed E-state index contributed by atoms with van der Waals surface area (Å²) in [5.74, 6) is -13.2. The van der Waals surface area contributed by atoms with Crippen LogP contribution in [0.1, 0.15) is 19.8 Å². The first-order chi connectivity index (χ1) is 63.6. The number of carboxylic acid groups (broad SMARTS) is 2. The molecule has 10 fully saturated rings. The number of ether oxygens (including phenoxy) is 19. The van der Waals surface area contributed by atoms with E-state index in [1.165, 1.54) is 0 Å². The lowest BCUT2D eigenvalue weighted by Gasteiger charge is -2.52. The highest BCUT2D eigenvalue weighted by molar-refractivity contribution is 7.46. The van der Waals surface area contributed by atoms with Crippen molar-refractivity contribution in [2.75, 3.05) is 66.1 Å². The molecule has 0 spiro atoms. The summed E-state index contributed by atoms with van der Waals surface area (Å²) < 4.78 is 147. The highest BCUT2D eigenvalue weighted by atomic mass is 31.2. The molecule has 0 bridgehead atoms. The fourth-order valence-electron chi connectivity index (χ4n) is 16.7. The number of aliphatic carboxylic acids is 2. The first-order valence-electron chi connectivity index (χ1n) is 41.5. The summed E-state index contributed by atoms with van der Waals surface area (Å²) in [4.78, 5) is 81.8. The topological polar surface area (TPSA) is 1060 Å². The maximum atomic E-state index is 13.6. The number of aliphatic hydroxyl groups excluding tert-OH is 31. The van der Waals surface area contributed by atoms with Crippen molar-refractivity contribution in [3.8, 4) is 0 Å². The van der Waals surface area contributed by atoms with E-state index in [1.807, 2.05) is 0 Å². The fraction of sp³-hybridized carbons (Fsp3) is 0.957. The van der Waals surface area contributed by atoms with E-state index in [-0.39, 0.29) is 0 Å². The van der Waals surface area contributed by atoms with Crippen LogP contribution in [0.15, 0.2) is 0 Å². The van der Waals surface area contributed by atoms with Gasteiger partial charge in [-0.25, -0.2) is 18.7 Å². The van der Waals surface area contributed by atoms with Gasteiger partial charge in [0.2, 0.25) is 5.91 Å². The van der Waals surface area contributed by atoms with E-state index < -0.39 is 437 Å². The molecule has 10 aliphatic heterocycles. The van der Waals surface area contributed by atoms with Gasteiger partial charge in [0, 0.05) is 19.8 Å². The van der Waals surface area contributed by atoms with Gasteiger partial charge in [-0.2, -0.15) is 0 Å². The van der Waals surface area contributed by atoms with Crippen LogP contribution >= 0.6 is 15.6 Å². The zero-order valence-electron chi connectivity index (χ0n) is 70.4. The van der Waals surface area contributed by atoms with Crippen LogP contribution in [0.2, 0.25) is 0 Å². The number of hydrogen-bond donors (Lipinski definition) is 39. The van der Waals surface area contributed by atoms with Gasteiger partial charge in [0.1, 0.15) is 250 Å². The maximum absolute atomic E-state index is 13.6. The third-order valence-corrected chi connectivity index (χ3v) is 24.9. The van der Waals surface area contributed by atoms with E-state index in [4.69, 9.17) is 99.0 Å². The third-order valence-electron chi connectivity index (χ3n) is 23.9. The molecule has 0 aromatic carbocycles. The van der Waals surface area contributed by atoms with Gasteiger partial charge in [0.25, 0.3) is 11.6 Å². The van der Waals surface area contributed by atoms with Gasteiger partial charge < -0.3 is 289 Å². The number of phosphoric acid groups is 2. The molecule has 10 rings (SSSR count). The molecule has 0 aromatic heterocycles. The van der Waals surface area contributed by atoms with E-state index in [2.05, 4.69) is 5.32 Å². The fourth-order valence-corrected chi connectivity index (χ4v) is 17.8. The Morgan fingerprint density at radius 2 is 0.728 bits per heavy atom. The van der Waals surface area contributed by atoms with Crippen LogP contribution in [0.4, 0.5) is 0 Å². The van der Waals surface area contributed by atoms with Crippen LogP contribution in [0.25, 0.3) is 0 Å². The number of aliphatic hydroxyl groups is 32. The Labute approximate surface area is 762 Å². The van der Waals surface area contributed by atoms with Crippen LogP contribution in [-0.2, 0) is 123 Å². The minimum absolute atomic E-state index is 0.902. The number of hydrogen-bond acceptors (Lipinski definition) is 58. The Balaban J connectivity index is 1.10. The Hall–Kier alpha value is -3.41. The molecule has 792 valence electrons. The molecule has 0 unspecified atom stereocenters. The normalized spacial score (nSPS) is 47.4. The molecule has 53 atom stereocenters. The number of carboxylic acids is 2. The SMILES string of the molecule is CC(=O)N[C@H]1[C@@H](O[C@H]2[C@@H](O[C@H]3[C@@H](O[C@@H]4[C@@H](O)[C@@H](O[C@@H]5[C@H](O)[C@H](O[C@H]6[C@H](O)[C@@H](O[C@H]7[C@@H]([C@H](O)CO)O[C@@](O)(C(=O)O)C[C@H]7O[C@]7(C(=O)O)C[C@@H](O)[C@@H](O)[C@@H]([C@H](O)CO)O7)O[C@H]([C@@H](O)CO)[C@H]6OP(=O)(O)O)O[C@H]([C@H](O)CO[C@H]6O[C@H]([C@@H](O)CO)[C@@H](O)[C@H](O)[C@@H]6O)[C@H]5OP(=O)(O)O)O[C@H](CO[C@H]5O[C@H](CO)[C@H](O)[C@H](O)[C@H]5O)[C@H]4O)O[C@H](CO)[C@@H](O)[C@@H]3O)O[C@H](CO)[C@@H](O)[C@@H]2O)O[C@H](CO)[C@@H](O)[C@@H]1O. The molecular formula is C69H117NO64P2. The summed E-state index contributed by atoms with van der Waals surface area (Å²) in [6.45, 7) is -13.1. The average molecular weight is 2050 g/mol. The van der Waals surface area contributed by atoms with Crippen molar-refractivity contribution in [3.05, 3.63) is 0 Å². The van der Waals surface area contributed by atoms with Gasteiger partial charge in [-0.1, -0.05) is 0 Å². The summed E-state index contributed by atoms with van der Waals surface area (Å²) in [5, 5.41) is 381. The van der Waals surface area contributed by atoms with Gasteiger partial charge in [-0.15, -0.1) is 0 Å². The predicted octanol–water partition coefficient (Wildman–Crippen LogP) is -24.7. The van der Waals surface area contributed by atoms with Gasteiger partial charge in [-0.3, -0.25) is 13.8 Å². The first-order valence-corrected chi connectivity index (χ1v) is 44.6. The smallest absolute Gasteiger partial charge is 0.470 e. The van der Waals surface area contributed by atoms with Crippen LogP contribution in [0.3, 0.4) is 0 Å². The third kappa shape index (κ3) is 25.4. The van der Waals surface area contributed by atoms with Crippen LogP contribution in [0.5, 0.6) is 0 Å². The number of rotatable bonds is 40. The summed E-state index contributed by atoms with van der Waals surface area (Å²) in [5.41, 5.74) is 0. The Morgan fingerprint density at radius 3 is 1.19 bits per heavy atom. The second-order valence-electron chi connectivity index (χ2n) is 33.3. The van der Waals surface area contributed by atoms with Crippen molar-refractivity contribution in [3.63, 3.8) is 0 Å². The van der Waals surface area contributed by atoms with Crippen LogP contribution in [-0.4, -0.2) is 601 Å². The molecule has 0 aliphatic carbocycles. The van der Waals surface area contributed by atoms with Crippen molar-refractivity contribution in [2.45, 2.75) is 344 Å². The second-order valence-corrected chi connectivity index (χ2v) is 35.7. The molecule has 0 aromatic rings. The van der Waals surface area contributed by atoms with E-state index >= 15 is 0 Å².